The summed E-state index contributed by atoms with van der Waals surface area (Å²) in [5.41, 5.74) is 2.74. The van der Waals surface area contributed by atoms with Crippen molar-refractivity contribution < 1.29 is 19.2 Å². The van der Waals surface area contributed by atoms with Crippen LogP contribution in [0, 0.1) is 6.92 Å². The standard InChI is InChI=1S/C22H23N3O4/c1-15-7-8-17-18(13-15)22(29)25(21(17)28)12-10-19(26)24-14-20(27)23-11-9-16-5-3-2-4-6-16/h2-8,13H,9-12,14H2,1H3,(H,23,27)(H,24,26). The number of fused-ring (bicyclic) bond motifs is 1. The van der Waals surface area contributed by atoms with Gasteiger partial charge in [-0.05, 0) is 31.0 Å². The van der Waals surface area contributed by atoms with E-state index in [9.17, 15) is 19.2 Å². The highest BCUT2D eigenvalue weighted by Crippen LogP contribution is 2.23. The molecule has 29 heavy (non-hydrogen) atoms. The molecule has 7 heteroatoms. The molecule has 1 aliphatic heterocycles. The Kier molecular flexibility index (Phi) is 6.39. The average Bonchev–Trinajstić information content (AvgIpc) is 2.95. The summed E-state index contributed by atoms with van der Waals surface area (Å²) in [6.07, 6.45) is 0.654. The van der Waals surface area contributed by atoms with Crippen LogP contribution < -0.4 is 10.6 Å². The van der Waals surface area contributed by atoms with Crippen LogP contribution in [0.15, 0.2) is 48.5 Å². The molecule has 0 bridgehead atoms. The monoisotopic (exact) mass is 393 g/mol. The van der Waals surface area contributed by atoms with Gasteiger partial charge in [-0.15, -0.1) is 0 Å². The first-order valence-electron chi connectivity index (χ1n) is 9.50. The van der Waals surface area contributed by atoms with E-state index in [1.54, 1.807) is 18.2 Å². The molecular formula is C22H23N3O4. The third-order valence-corrected chi connectivity index (χ3v) is 4.71. The van der Waals surface area contributed by atoms with Gasteiger partial charge in [-0.3, -0.25) is 24.1 Å². The van der Waals surface area contributed by atoms with E-state index in [1.807, 2.05) is 37.3 Å². The molecule has 0 saturated heterocycles. The van der Waals surface area contributed by atoms with Crippen molar-refractivity contribution in [2.45, 2.75) is 19.8 Å². The van der Waals surface area contributed by atoms with E-state index in [1.165, 1.54) is 0 Å². The molecule has 1 aliphatic rings. The van der Waals surface area contributed by atoms with Crippen molar-refractivity contribution in [3.8, 4) is 0 Å². The van der Waals surface area contributed by atoms with E-state index in [2.05, 4.69) is 10.6 Å². The lowest BCUT2D eigenvalue weighted by Crippen LogP contribution is -2.39. The normalized spacial score (nSPS) is 12.7. The number of nitrogens with one attached hydrogen (secondary N) is 2. The Labute approximate surface area is 169 Å². The van der Waals surface area contributed by atoms with Gasteiger partial charge in [-0.2, -0.15) is 0 Å². The minimum absolute atomic E-state index is 0.0210. The van der Waals surface area contributed by atoms with Crippen molar-refractivity contribution in [2.75, 3.05) is 19.6 Å². The van der Waals surface area contributed by atoms with Gasteiger partial charge in [0, 0.05) is 19.5 Å². The summed E-state index contributed by atoms with van der Waals surface area (Å²) in [5, 5.41) is 5.26. The second-order valence-corrected chi connectivity index (χ2v) is 6.92. The molecule has 0 saturated carbocycles. The maximum Gasteiger partial charge on any atom is 0.261 e. The van der Waals surface area contributed by atoms with Gasteiger partial charge in [0.2, 0.25) is 11.8 Å². The van der Waals surface area contributed by atoms with E-state index in [-0.39, 0.29) is 31.3 Å². The van der Waals surface area contributed by atoms with Crippen LogP contribution in [0.2, 0.25) is 0 Å². The lowest BCUT2D eigenvalue weighted by molar-refractivity contribution is -0.126. The van der Waals surface area contributed by atoms with Crippen LogP contribution in [0.3, 0.4) is 0 Å². The smallest absolute Gasteiger partial charge is 0.261 e. The number of rotatable bonds is 8. The lowest BCUT2D eigenvalue weighted by Gasteiger charge is -2.13. The number of carbonyl (C=O) groups is 4. The van der Waals surface area contributed by atoms with Gasteiger partial charge in [0.05, 0.1) is 17.7 Å². The van der Waals surface area contributed by atoms with Crippen molar-refractivity contribution in [2.24, 2.45) is 0 Å². The molecule has 0 spiro atoms. The Hall–Kier alpha value is -3.48. The Morgan fingerprint density at radius 3 is 2.38 bits per heavy atom. The first-order chi connectivity index (χ1) is 14.0. The summed E-state index contributed by atoms with van der Waals surface area (Å²) in [4.78, 5) is 49.6. The van der Waals surface area contributed by atoms with Crippen LogP contribution in [-0.2, 0) is 16.0 Å². The summed E-state index contributed by atoms with van der Waals surface area (Å²) in [7, 11) is 0. The Balaban J connectivity index is 1.38. The fourth-order valence-electron chi connectivity index (χ4n) is 3.14. The fraction of sp³-hybridized carbons (Fsp3) is 0.273. The molecule has 2 N–H and O–H groups in total. The number of benzene rings is 2. The molecule has 0 fully saturated rings. The largest absolute Gasteiger partial charge is 0.354 e. The zero-order valence-corrected chi connectivity index (χ0v) is 16.2. The molecule has 0 unspecified atom stereocenters. The zero-order valence-electron chi connectivity index (χ0n) is 16.2. The maximum atomic E-state index is 12.4. The lowest BCUT2D eigenvalue weighted by atomic mass is 10.1. The molecule has 1 heterocycles. The summed E-state index contributed by atoms with van der Waals surface area (Å²) >= 11 is 0. The minimum Gasteiger partial charge on any atom is -0.354 e. The van der Waals surface area contributed by atoms with Gasteiger partial charge in [0.1, 0.15) is 0 Å². The first kappa shape index (κ1) is 20.3. The molecule has 0 aromatic heterocycles. The Bertz CT molecular complexity index is 940. The maximum absolute atomic E-state index is 12.4. The second-order valence-electron chi connectivity index (χ2n) is 6.92. The number of hydrogen-bond acceptors (Lipinski definition) is 4. The molecule has 3 rings (SSSR count). The van der Waals surface area contributed by atoms with Crippen LogP contribution in [-0.4, -0.2) is 48.2 Å². The van der Waals surface area contributed by atoms with Gasteiger partial charge in [-0.1, -0.05) is 42.0 Å². The predicted octanol–water partition coefficient (Wildman–Crippen LogP) is 1.46. The summed E-state index contributed by atoms with van der Waals surface area (Å²) in [5.74, 6) is -1.46. The van der Waals surface area contributed by atoms with Crippen LogP contribution in [0.4, 0.5) is 0 Å². The van der Waals surface area contributed by atoms with Crippen molar-refractivity contribution in [3.63, 3.8) is 0 Å². The highest BCUT2D eigenvalue weighted by molar-refractivity contribution is 6.21. The van der Waals surface area contributed by atoms with Gasteiger partial charge >= 0.3 is 0 Å². The summed E-state index contributed by atoms with van der Waals surface area (Å²) in [6.45, 7) is 2.16. The molecule has 7 nitrogen and oxygen atoms in total. The molecule has 150 valence electrons. The third-order valence-electron chi connectivity index (χ3n) is 4.71. The Morgan fingerprint density at radius 2 is 1.62 bits per heavy atom. The molecule has 0 atom stereocenters. The number of hydrogen-bond donors (Lipinski definition) is 2. The molecule has 0 aliphatic carbocycles. The SMILES string of the molecule is Cc1ccc2c(c1)C(=O)N(CCC(=O)NCC(=O)NCCc1ccccc1)C2=O. The van der Waals surface area contributed by atoms with Crippen molar-refractivity contribution >= 4 is 23.6 Å². The predicted molar refractivity (Wildman–Crippen MR) is 107 cm³/mol. The van der Waals surface area contributed by atoms with E-state index < -0.39 is 11.8 Å². The third kappa shape index (κ3) is 5.07. The molecule has 4 amide bonds. The zero-order chi connectivity index (χ0) is 20.8. The van der Waals surface area contributed by atoms with E-state index >= 15 is 0 Å². The highest BCUT2D eigenvalue weighted by Gasteiger charge is 2.35. The number of imide groups is 1. The summed E-state index contributed by atoms with van der Waals surface area (Å²) in [6, 6.07) is 14.8. The quantitative estimate of drug-likeness (QED) is 0.664. The highest BCUT2D eigenvalue weighted by atomic mass is 16.2. The van der Waals surface area contributed by atoms with Gasteiger partial charge in [0.25, 0.3) is 11.8 Å². The number of nitrogens with zero attached hydrogens (tertiary/aromatic N) is 1. The average molecular weight is 393 g/mol. The van der Waals surface area contributed by atoms with Crippen molar-refractivity contribution in [3.05, 3.63) is 70.8 Å². The fourth-order valence-corrected chi connectivity index (χ4v) is 3.14. The topological polar surface area (TPSA) is 95.6 Å². The van der Waals surface area contributed by atoms with E-state index in [0.29, 0.717) is 24.1 Å². The number of carbonyl (C=O) groups excluding carboxylic acids is 4. The van der Waals surface area contributed by atoms with E-state index in [4.69, 9.17) is 0 Å². The van der Waals surface area contributed by atoms with Gasteiger partial charge in [0.15, 0.2) is 0 Å². The Morgan fingerprint density at radius 1 is 0.897 bits per heavy atom. The van der Waals surface area contributed by atoms with Crippen LogP contribution >= 0.6 is 0 Å². The van der Waals surface area contributed by atoms with Crippen LogP contribution in [0.25, 0.3) is 0 Å². The molecule has 2 aromatic carbocycles. The minimum atomic E-state index is -0.393. The van der Waals surface area contributed by atoms with E-state index in [0.717, 1.165) is 16.0 Å². The van der Waals surface area contributed by atoms with Gasteiger partial charge in [-0.25, -0.2) is 0 Å². The number of aryl methyl sites for hydroxylation is 1. The number of amides is 4. The molecule has 2 aromatic rings. The second kappa shape index (κ2) is 9.14. The van der Waals surface area contributed by atoms with Crippen LogP contribution in [0.1, 0.15) is 38.3 Å². The van der Waals surface area contributed by atoms with Gasteiger partial charge < -0.3 is 10.6 Å². The van der Waals surface area contributed by atoms with Crippen LogP contribution in [0.5, 0.6) is 0 Å². The summed E-state index contributed by atoms with van der Waals surface area (Å²) < 4.78 is 0. The first-order valence-corrected chi connectivity index (χ1v) is 9.50. The molecular weight excluding hydrogens is 370 g/mol. The van der Waals surface area contributed by atoms with Crippen molar-refractivity contribution in [1.29, 1.82) is 0 Å². The van der Waals surface area contributed by atoms with Crippen molar-refractivity contribution in [1.82, 2.24) is 15.5 Å². The molecule has 0 radical (unpaired) electrons.